The fourth-order valence-corrected chi connectivity index (χ4v) is 1.62. The number of hydrogen-bond acceptors (Lipinski definition) is 3. The molecule has 1 aromatic rings. The summed E-state index contributed by atoms with van der Waals surface area (Å²) in [5, 5.41) is 0. The Labute approximate surface area is 96.7 Å². The van der Waals surface area contributed by atoms with Crippen LogP contribution in [-0.4, -0.2) is 12.4 Å². The smallest absolute Gasteiger partial charge is 0.299 e. The second kappa shape index (κ2) is 4.65. The molecule has 92 valence electrons. The third kappa shape index (κ3) is 2.89. The summed E-state index contributed by atoms with van der Waals surface area (Å²) in [5.74, 6) is 0.696. The second-order valence-corrected chi connectivity index (χ2v) is 3.73. The standard InChI is InChI=1S/C11H12F3N3/c12-11(13,14)8-4-1-2-5-9(8)16-17-10-6-3-7-15-10/h1-2,4-5,16H,3,6-7H2,(H,15,17). The Morgan fingerprint density at radius 1 is 1.12 bits per heavy atom. The highest BCUT2D eigenvalue weighted by Gasteiger charge is 2.33. The summed E-state index contributed by atoms with van der Waals surface area (Å²) in [6, 6.07) is 5.34. The number of para-hydroxylation sites is 1. The number of nitrogens with zero attached hydrogens (tertiary/aromatic N) is 1. The fourth-order valence-electron chi connectivity index (χ4n) is 1.62. The average molecular weight is 243 g/mol. The van der Waals surface area contributed by atoms with Crippen LogP contribution in [0, 0.1) is 0 Å². The lowest BCUT2D eigenvalue weighted by Crippen LogP contribution is -2.29. The highest BCUT2D eigenvalue weighted by atomic mass is 19.4. The largest absolute Gasteiger partial charge is 0.418 e. The topological polar surface area (TPSA) is 36.4 Å². The van der Waals surface area contributed by atoms with Gasteiger partial charge >= 0.3 is 6.18 Å². The Balaban J connectivity index is 2.09. The van der Waals surface area contributed by atoms with E-state index in [0.717, 1.165) is 25.5 Å². The summed E-state index contributed by atoms with van der Waals surface area (Å²) in [7, 11) is 0. The molecule has 0 radical (unpaired) electrons. The lowest BCUT2D eigenvalue weighted by atomic mass is 10.2. The van der Waals surface area contributed by atoms with E-state index in [1.54, 1.807) is 6.07 Å². The maximum atomic E-state index is 12.7. The second-order valence-electron chi connectivity index (χ2n) is 3.73. The van der Waals surface area contributed by atoms with Gasteiger partial charge in [0, 0.05) is 13.0 Å². The average Bonchev–Trinajstić information content (AvgIpc) is 2.78. The summed E-state index contributed by atoms with van der Waals surface area (Å²) < 4.78 is 38.0. The molecular formula is C11H12F3N3. The number of amidine groups is 1. The highest BCUT2D eigenvalue weighted by Crippen LogP contribution is 2.34. The molecule has 17 heavy (non-hydrogen) atoms. The molecule has 1 aliphatic rings. The van der Waals surface area contributed by atoms with Gasteiger partial charge in [0.05, 0.1) is 11.3 Å². The normalized spacial score (nSPS) is 15.6. The number of hydrazine groups is 1. The number of rotatable bonds is 2. The summed E-state index contributed by atoms with van der Waals surface area (Å²) >= 11 is 0. The molecule has 0 unspecified atom stereocenters. The molecule has 0 fully saturated rings. The lowest BCUT2D eigenvalue weighted by molar-refractivity contribution is -0.137. The first-order valence-electron chi connectivity index (χ1n) is 5.29. The molecule has 0 spiro atoms. The fraction of sp³-hybridized carbons (Fsp3) is 0.364. The van der Waals surface area contributed by atoms with Crippen molar-refractivity contribution in [2.45, 2.75) is 19.0 Å². The molecule has 0 bridgehead atoms. The van der Waals surface area contributed by atoms with Crippen molar-refractivity contribution in [3.63, 3.8) is 0 Å². The first kappa shape index (κ1) is 11.8. The molecule has 1 heterocycles. The van der Waals surface area contributed by atoms with Crippen LogP contribution in [0.4, 0.5) is 18.9 Å². The maximum absolute atomic E-state index is 12.7. The van der Waals surface area contributed by atoms with E-state index in [1.165, 1.54) is 12.1 Å². The number of benzene rings is 1. The molecule has 6 heteroatoms. The van der Waals surface area contributed by atoms with Gasteiger partial charge in [0.1, 0.15) is 5.84 Å². The van der Waals surface area contributed by atoms with Gasteiger partial charge in [0.2, 0.25) is 0 Å². The van der Waals surface area contributed by atoms with Crippen LogP contribution in [0.15, 0.2) is 29.3 Å². The van der Waals surface area contributed by atoms with Gasteiger partial charge in [-0.25, -0.2) is 0 Å². The molecule has 0 amide bonds. The van der Waals surface area contributed by atoms with Crippen molar-refractivity contribution in [2.24, 2.45) is 4.99 Å². The van der Waals surface area contributed by atoms with Gasteiger partial charge in [0.25, 0.3) is 0 Å². The lowest BCUT2D eigenvalue weighted by Gasteiger charge is -2.15. The maximum Gasteiger partial charge on any atom is 0.418 e. The van der Waals surface area contributed by atoms with Crippen LogP contribution in [0.2, 0.25) is 0 Å². The minimum Gasteiger partial charge on any atom is -0.299 e. The highest BCUT2D eigenvalue weighted by molar-refractivity contribution is 5.84. The van der Waals surface area contributed by atoms with Crippen LogP contribution in [0.5, 0.6) is 0 Å². The van der Waals surface area contributed by atoms with Gasteiger partial charge in [-0.05, 0) is 18.6 Å². The Kier molecular flexibility index (Phi) is 3.21. The molecule has 0 saturated heterocycles. The number of alkyl halides is 3. The van der Waals surface area contributed by atoms with Crippen molar-refractivity contribution >= 4 is 11.5 Å². The van der Waals surface area contributed by atoms with Crippen LogP contribution in [0.25, 0.3) is 0 Å². The van der Waals surface area contributed by atoms with Crippen LogP contribution in [0.3, 0.4) is 0 Å². The van der Waals surface area contributed by atoms with Crippen molar-refractivity contribution in [1.29, 1.82) is 0 Å². The van der Waals surface area contributed by atoms with Gasteiger partial charge in [-0.2, -0.15) is 13.2 Å². The molecule has 2 N–H and O–H groups in total. The van der Waals surface area contributed by atoms with Crippen molar-refractivity contribution in [2.75, 3.05) is 12.0 Å². The molecular weight excluding hydrogens is 231 g/mol. The zero-order chi connectivity index (χ0) is 12.3. The number of anilines is 1. The number of aliphatic imine (C=N–C) groups is 1. The molecule has 0 saturated carbocycles. The van der Waals surface area contributed by atoms with E-state index >= 15 is 0 Å². The van der Waals surface area contributed by atoms with E-state index in [2.05, 4.69) is 15.8 Å². The molecule has 0 aliphatic carbocycles. The zero-order valence-electron chi connectivity index (χ0n) is 9.01. The zero-order valence-corrected chi connectivity index (χ0v) is 9.01. The monoisotopic (exact) mass is 243 g/mol. The first-order valence-corrected chi connectivity index (χ1v) is 5.29. The van der Waals surface area contributed by atoms with E-state index in [4.69, 9.17) is 0 Å². The Morgan fingerprint density at radius 2 is 1.88 bits per heavy atom. The number of halogens is 3. The minimum atomic E-state index is -4.36. The van der Waals surface area contributed by atoms with Crippen molar-refractivity contribution in [3.8, 4) is 0 Å². The van der Waals surface area contributed by atoms with Crippen molar-refractivity contribution in [1.82, 2.24) is 5.43 Å². The van der Waals surface area contributed by atoms with E-state index in [-0.39, 0.29) is 5.69 Å². The SMILES string of the molecule is FC(F)(F)c1ccccc1NNC1=NCCC1. The van der Waals surface area contributed by atoms with Crippen LogP contribution in [0.1, 0.15) is 18.4 Å². The van der Waals surface area contributed by atoms with Crippen molar-refractivity contribution in [3.05, 3.63) is 29.8 Å². The predicted molar refractivity (Wildman–Crippen MR) is 59.7 cm³/mol. The van der Waals surface area contributed by atoms with E-state index in [9.17, 15) is 13.2 Å². The quantitative estimate of drug-likeness (QED) is 0.783. The number of nitrogens with one attached hydrogen (secondary N) is 2. The molecule has 1 aromatic carbocycles. The molecule has 1 aliphatic heterocycles. The van der Waals surface area contributed by atoms with E-state index in [1.807, 2.05) is 0 Å². The summed E-state index contributed by atoms with van der Waals surface area (Å²) in [4.78, 5) is 4.10. The minimum absolute atomic E-state index is 0.00889. The van der Waals surface area contributed by atoms with Crippen LogP contribution < -0.4 is 10.9 Å². The molecule has 0 aromatic heterocycles. The van der Waals surface area contributed by atoms with E-state index < -0.39 is 11.7 Å². The van der Waals surface area contributed by atoms with Gasteiger partial charge in [-0.1, -0.05) is 12.1 Å². The van der Waals surface area contributed by atoms with Gasteiger partial charge in [0.15, 0.2) is 0 Å². The van der Waals surface area contributed by atoms with E-state index in [0.29, 0.717) is 5.84 Å². The Hall–Kier alpha value is -1.72. The van der Waals surface area contributed by atoms with Gasteiger partial charge < -0.3 is 0 Å². The van der Waals surface area contributed by atoms with Crippen LogP contribution in [-0.2, 0) is 6.18 Å². The Bertz CT molecular complexity index is 426. The Morgan fingerprint density at radius 3 is 2.53 bits per heavy atom. The van der Waals surface area contributed by atoms with Gasteiger partial charge in [-0.3, -0.25) is 15.8 Å². The summed E-state index contributed by atoms with van der Waals surface area (Å²) in [5.41, 5.74) is 4.59. The molecule has 3 nitrogen and oxygen atoms in total. The number of hydrogen-bond donors (Lipinski definition) is 2. The third-order valence-corrected chi connectivity index (χ3v) is 2.45. The van der Waals surface area contributed by atoms with Crippen molar-refractivity contribution < 1.29 is 13.2 Å². The van der Waals surface area contributed by atoms with Gasteiger partial charge in [-0.15, -0.1) is 0 Å². The first-order chi connectivity index (χ1) is 8.07. The molecule has 2 rings (SSSR count). The summed E-state index contributed by atoms with van der Waals surface area (Å²) in [6.07, 6.45) is -2.66. The predicted octanol–water partition coefficient (Wildman–Crippen LogP) is 2.81. The third-order valence-electron chi connectivity index (χ3n) is 2.45. The van der Waals surface area contributed by atoms with Crippen LogP contribution >= 0.6 is 0 Å². The molecule has 0 atom stereocenters. The summed E-state index contributed by atoms with van der Waals surface area (Å²) in [6.45, 7) is 0.727.